The summed E-state index contributed by atoms with van der Waals surface area (Å²) in [6.45, 7) is 3.57. The molecule has 0 bridgehead atoms. The predicted octanol–water partition coefficient (Wildman–Crippen LogP) is 0.0330. The van der Waals surface area contributed by atoms with Gasteiger partial charge >= 0.3 is 0 Å². The summed E-state index contributed by atoms with van der Waals surface area (Å²) in [5.74, 6) is 0.182. The molecule has 0 fully saturated rings. The van der Waals surface area contributed by atoms with Crippen molar-refractivity contribution >= 4 is 16.1 Å². The first-order valence-corrected chi connectivity index (χ1v) is 6.60. The Morgan fingerprint density at radius 3 is 2.71 bits per heavy atom. The molecule has 0 rings (SSSR count). The molecule has 0 radical (unpaired) electrons. The Labute approximate surface area is 85.4 Å². The first-order chi connectivity index (χ1) is 6.56. The Hall–Kier alpha value is -0.620. The van der Waals surface area contributed by atoms with Crippen molar-refractivity contribution < 1.29 is 13.3 Å². The van der Waals surface area contributed by atoms with Gasteiger partial charge in [-0.3, -0.25) is 0 Å². The molecule has 5 nitrogen and oxygen atoms in total. The minimum Gasteiger partial charge on any atom is -0.396 e. The van der Waals surface area contributed by atoms with Gasteiger partial charge in [-0.1, -0.05) is 5.16 Å². The van der Waals surface area contributed by atoms with Gasteiger partial charge in [0.05, 0.1) is 5.75 Å². The number of sulfone groups is 1. The largest absolute Gasteiger partial charge is 0.396 e. The molecule has 0 aliphatic heterocycles. The second-order valence-electron chi connectivity index (χ2n) is 2.93. The molecular weight excluding hydrogens is 204 g/mol. The van der Waals surface area contributed by atoms with Crippen LogP contribution in [-0.2, 0) is 14.7 Å². The smallest absolute Gasteiger partial charge is 0.148 e. The van der Waals surface area contributed by atoms with E-state index in [-0.39, 0.29) is 5.75 Å². The zero-order valence-corrected chi connectivity index (χ0v) is 9.51. The lowest BCUT2D eigenvalue weighted by molar-refractivity contribution is 0.143. The molecule has 1 N–H and O–H groups in total. The van der Waals surface area contributed by atoms with Gasteiger partial charge in [-0.2, -0.15) is 0 Å². The third kappa shape index (κ3) is 11.4. The number of hydrogen-bond acceptors (Lipinski definition) is 5. The van der Waals surface area contributed by atoms with Gasteiger partial charge in [-0.25, -0.2) is 8.42 Å². The van der Waals surface area contributed by atoms with Crippen LogP contribution in [0.2, 0.25) is 0 Å². The average Bonchev–Trinajstić information content (AvgIpc) is 2.08. The van der Waals surface area contributed by atoms with E-state index in [0.29, 0.717) is 13.2 Å². The van der Waals surface area contributed by atoms with Gasteiger partial charge in [0.1, 0.15) is 16.4 Å². The second-order valence-corrected chi connectivity index (χ2v) is 5.19. The first kappa shape index (κ1) is 13.4. The van der Waals surface area contributed by atoms with Gasteiger partial charge < -0.3 is 10.2 Å². The fourth-order valence-electron chi connectivity index (χ4n) is 0.772. The van der Waals surface area contributed by atoms with E-state index in [1.807, 2.05) is 0 Å². The van der Waals surface area contributed by atoms with Crippen LogP contribution in [0.3, 0.4) is 0 Å². The summed E-state index contributed by atoms with van der Waals surface area (Å²) in [4.78, 5) is 4.84. The molecule has 0 aromatic rings. The summed E-state index contributed by atoms with van der Waals surface area (Å²) in [5, 5.41) is 6.59. The van der Waals surface area contributed by atoms with Crippen LogP contribution in [0, 0.1) is 0 Å². The molecule has 0 aliphatic rings. The maximum Gasteiger partial charge on any atom is 0.148 e. The molecule has 0 aromatic heterocycles. The van der Waals surface area contributed by atoms with Crippen LogP contribution >= 0.6 is 0 Å². The SMILES string of the molecule is C/C=N/OCCCNCCS(C)(=O)=O. The van der Waals surface area contributed by atoms with Gasteiger partial charge in [0.2, 0.25) is 0 Å². The topological polar surface area (TPSA) is 67.8 Å². The predicted molar refractivity (Wildman–Crippen MR) is 57.3 cm³/mol. The summed E-state index contributed by atoms with van der Waals surface area (Å²) in [5.41, 5.74) is 0. The summed E-state index contributed by atoms with van der Waals surface area (Å²) in [6, 6.07) is 0. The minimum absolute atomic E-state index is 0.182. The number of nitrogens with one attached hydrogen (secondary N) is 1. The van der Waals surface area contributed by atoms with E-state index in [1.54, 1.807) is 13.1 Å². The van der Waals surface area contributed by atoms with Crippen molar-refractivity contribution in [3.05, 3.63) is 0 Å². The van der Waals surface area contributed by atoms with Crippen LogP contribution in [0.15, 0.2) is 5.16 Å². The van der Waals surface area contributed by atoms with Crippen LogP contribution in [0.25, 0.3) is 0 Å². The Bertz CT molecular complexity index is 249. The van der Waals surface area contributed by atoms with Crippen LogP contribution in [0.1, 0.15) is 13.3 Å². The average molecular weight is 222 g/mol. The Morgan fingerprint density at radius 1 is 1.43 bits per heavy atom. The van der Waals surface area contributed by atoms with E-state index in [2.05, 4.69) is 10.5 Å². The van der Waals surface area contributed by atoms with Crippen molar-refractivity contribution in [2.75, 3.05) is 31.7 Å². The van der Waals surface area contributed by atoms with E-state index < -0.39 is 9.84 Å². The molecule has 6 heteroatoms. The lowest BCUT2D eigenvalue weighted by Crippen LogP contribution is -2.23. The van der Waals surface area contributed by atoms with Gasteiger partial charge in [-0.15, -0.1) is 0 Å². The van der Waals surface area contributed by atoms with Gasteiger partial charge in [0, 0.05) is 19.0 Å². The number of hydrogen-bond donors (Lipinski definition) is 1. The summed E-state index contributed by atoms with van der Waals surface area (Å²) < 4.78 is 21.4. The van der Waals surface area contributed by atoms with Crippen LogP contribution in [0.5, 0.6) is 0 Å². The zero-order valence-electron chi connectivity index (χ0n) is 8.69. The van der Waals surface area contributed by atoms with Gasteiger partial charge in [0.15, 0.2) is 0 Å². The normalized spacial score (nSPS) is 12.1. The van der Waals surface area contributed by atoms with Crippen molar-refractivity contribution in [2.45, 2.75) is 13.3 Å². The van der Waals surface area contributed by atoms with Crippen LogP contribution < -0.4 is 5.32 Å². The monoisotopic (exact) mass is 222 g/mol. The molecule has 0 aromatic carbocycles. The maximum absolute atomic E-state index is 10.7. The highest BCUT2D eigenvalue weighted by molar-refractivity contribution is 7.90. The fraction of sp³-hybridized carbons (Fsp3) is 0.875. The third-order valence-corrected chi connectivity index (χ3v) is 2.36. The molecule has 0 heterocycles. The van der Waals surface area contributed by atoms with Crippen LogP contribution in [0.4, 0.5) is 0 Å². The summed E-state index contributed by atoms with van der Waals surface area (Å²) in [6.07, 6.45) is 3.63. The van der Waals surface area contributed by atoms with E-state index >= 15 is 0 Å². The lowest BCUT2D eigenvalue weighted by atomic mass is 10.4. The van der Waals surface area contributed by atoms with Crippen molar-refractivity contribution in [2.24, 2.45) is 5.16 Å². The Kier molecular flexibility index (Phi) is 7.41. The minimum atomic E-state index is -2.84. The summed E-state index contributed by atoms with van der Waals surface area (Å²) >= 11 is 0. The van der Waals surface area contributed by atoms with Crippen molar-refractivity contribution in [1.29, 1.82) is 0 Å². The van der Waals surface area contributed by atoms with E-state index in [4.69, 9.17) is 4.84 Å². The van der Waals surface area contributed by atoms with E-state index in [9.17, 15) is 8.42 Å². The molecule has 14 heavy (non-hydrogen) atoms. The highest BCUT2D eigenvalue weighted by Gasteiger charge is 1.99. The van der Waals surface area contributed by atoms with E-state index in [0.717, 1.165) is 13.0 Å². The second kappa shape index (κ2) is 7.75. The molecule has 0 amide bonds. The quantitative estimate of drug-likeness (QED) is 0.357. The Balaban J connectivity index is 3.15. The van der Waals surface area contributed by atoms with Crippen molar-refractivity contribution in [1.82, 2.24) is 5.32 Å². The van der Waals surface area contributed by atoms with Gasteiger partial charge in [-0.05, 0) is 19.9 Å². The Morgan fingerprint density at radius 2 is 2.14 bits per heavy atom. The molecule has 0 spiro atoms. The van der Waals surface area contributed by atoms with Crippen LogP contribution in [-0.4, -0.2) is 46.3 Å². The molecule has 0 aliphatic carbocycles. The number of oxime groups is 1. The lowest BCUT2D eigenvalue weighted by Gasteiger charge is -2.02. The molecule has 0 saturated heterocycles. The standard InChI is InChI=1S/C8H18N2O3S/c1-3-10-13-7-4-5-9-6-8-14(2,11)12/h3,9H,4-8H2,1-2H3/b10-3+. The maximum atomic E-state index is 10.7. The number of rotatable bonds is 8. The van der Waals surface area contributed by atoms with Gasteiger partial charge in [0.25, 0.3) is 0 Å². The highest BCUT2D eigenvalue weighted by Crippen LogP contribution is 1.83. The third-order valence-electron chi connectivity index (χ3n) is 1.42. The molecule has 0 saturated carbocycles. The van der Waals surface area contributed by atoms with E-state index in [1.165, 1.54) is 6.26 Å². The summed E-state index contributed by atoms with van der Waals surface area (Å²) in [7, 11) is -2.84. The number of nitrogens with zero attached hydrogens (tertiary/aromatic N) is 1. The highest BCUT2D eigenvalue weighted by atomic mass is 32.2. The first-order valence-electron chi connectivity index (χ1n) is 4.54. The molecular formula is C8H18N2O3S. The molecule has 0 atom stereocenters. The fourth-order valence-corrected chi connectivity index (χ4v) is 1.29. The van der Waals surface area contributed by atoms with Crippen molar-refractivity contribution in [3.63, 3.8) is 0 Å². The molecule has 0 unspecified atom stereocenters. The zero-order chi connectivity index (χ0) is 10.9. The van der Waals surface area contributed by atoms with Crippen molar-refractivity contribution in [3.8, 4) is 0 Å². The molecule has 84 valence electrons.